The van der Waals surface area contributed by atoms with Gasteiger partial charge in [-0.3, -0.25) is 9.69 Å². The monoisotopic (exact) mass is 250 g/mol. The summed E-state index contributed by atoms with van der Waals surface area (Å²) in [5, 5.41) is 1.93. The average Bonchev–Trinajstić information content (AvgIpc) is 2.79. The van der Waals surface area contributed by atoms with Crippen molar-refractivity contribution in [3.63, 3.8) is 0 Å². The summed E-state index contributed by atoms with van der Waals surface area (Å²) in [6.45, 7) is 4.47. The number of hydrogen-bond acceptors (Lipinski definition) is 3. The third-order valence-electron chi connectivity index (χ3n) is 2.60. The van der Waals surface area contributed by atoms with E-state index >= 15 is 0 Å². The van der Waals surface area contributed by atoms with Gasteiger partial charge in [-0.1, -0.05) is 4.05 Å². The van der Waals surface area contributed by atoms with E-state index in [-0.39, 0.29) is 18.3 Å². The highest BCUT2D eigenvalue weighted by Gasteiger charge is 2.38. The number of carbonyl (C=O) groups excluding carboxylic acids is 1. The Morgan fingerprint density at radius 2 is 2.47 bits per heavy atom. The Balaban J connectivity index is 0.00000112. The van der Waals surface area contributed by atoms with E-state index in [1.54, 1.807) is 18.2 Å². The molecule has 4 nitrogen and oxygen atoms in total. The van der Waals surface area contributed by atoms with Gasteiger partial charge in [-0.2, -0.15) is 0 Å². The first-order valence-corrected chi connectivity index (χ1v) is 5.76. The Morgan fingerprint density at radius 3 is 2.93 bits per heavy atom. The van der Waals surface area contributed by atoms with Crippen LogP contribution in [0.15, 0.2) is 11.7 Å². The normalized spacial score (nSPS) is 29.1. The van der Waals surface area contributed by atoms with Crippen molar-refractivity contribution in [3.05, 3.63) is 11.7 Å². The average molecular weight is 251 g/mol. The van der Waals surface area contributed by atoms with E-state index in [1.807, 2.05) is 10.3 Å². The van der Waals surface area contributed by atoms with Crippen molar-refractivity contribution in [1.29, 1.82) is 0 Å². The number of hydroxylamine groups is 2. The highest BCUT2D eigenvalue weighted by Crippen LogP contribution is 2.32. The van der Waals surface area contributed by atoms with Crippen LogP contribution in [0.1, 0.15) is 19.8 Å². The van der Waals surface area contributed by atoms with Crippen LogP contribution >= 0.6 is 11.9 Å². The first-order chi connectivity index (χ1) is 6.76. The van der Waals surface area contributed by atoms with E-state index in [4.69, 9.17) is 4.84 Å². The molecular formula is C9H15ClN2O2S. The topological polar surface area (TPSA) is 29.5 Å². The van der Waals surface area contributed by atoms with Crippen molar-refractivity contribution >= 4 is 17.9 Å². The molecule has 15 heavy (non-hydrogen) atoms. The summed E-state index contributed by atoms with van der Waals surface area (Å²) in [4.78, 5) is 18.9. The van der Waals surface area contributed by atoms with Gasteiger partial charge in [-0.15, -0.1) is 0 Å². The number of rotatable bonds is 3. The third kappa shape index (κ3) is 2.59. The number of likely N-dealkylation sites (tertiary alicyclic amines) is 1. The van der Waals surface area contributed by atoms with Crippen molar-refractivity contribution < 1.29 is 26.1 Å². The van der Waals surface area contributed by atoms with Crippen molar-refractivity contribution in [3.8, 4) is 0 Å². The Hall–Kier alpha value is -0.390. The zero-order chi connectivity index (χ0) is 10.0. The molecule has 6 heteroatoms. The van der Waals surface area contributed by atoms with Gasteiger partial charge >= 0.3 is 0 Å². The fraction of sp³-hybridized carbons (Fsp3) is 0.667. The molecule has 1 unspecified atom stereocenters. The van der Waals surface area contributed by atoms with Crippen LogP contribution in [0.2, 0.25) is 0 Å². The first-order valence-electron chi connectivity index (χ1n) is 4.92. The second-order valence-corrected chi connectivity index (χ2v) is 4.66. The maximum atomic E-state index is 11.5. The zero-order valence-electron chi connectivity index (χ0n) is 8.69. The number of hydrogen-bond donors (Lipinski definition) is 0. The Morgan fingerprint density at radius 1 is 1.67 bits per heavy atom. The number of halogens is 1. The van der Waals surface area contributed by atoms with Crippen molar-refractivity contribution in [1.82, 2.24) is 4.90 Å². The predicted octanol–water partition coefficient (Wildman–Crippen LogP) is -1.53. The lowest BCUT2D eigenvalue weighted by Crippen LogP contribution is -3.00. The van der Waals surface area contributed by atoms with Crippen LogP contribution in [0.3, 0.4) is 0 Å². The van der Waals surface area contributed by atoms with Crippen LogP contribution in [0.5, 0.6) is 0 Å². The molecule has 2 heterocycles. The highest BCUT2D eigenvalue weighted by atomic mass is 35.5. The molecule has 2 rings (SSSR count). The van der Waals surface area contributed by atoms with Crippen molar-refractivity contribution in [2.24, 2.45) is 0 Å². The van der Waals surface area contributed by atoms with E-state index < -0.39 is 0 Å². The van der Waals surface area contributed by atoms with Gasteiger partial charge in [0.15, 0.2) is 18.2 Å². The lowest BCUT2D eigenvalue weighted by Gasteiger charge is -2.29. The van der Waals surface area contributed by atoms with Crippen LogP contribution in [-0.2, 0) is 9.63 Å². The molecule has 2 aliphatic rings. The molecular weight excluding hydrogens is 236 g/mol. The maximum absolute atomic E-state index is 11.5. The van der Waals surface area contributed by atoms with Gasteiger partial charge < -0.3 is 17.2 Å². The summed E-state index contributed by atoms with van der Waals surface area (Å²) in [7, 11) is 0. The van der Waals surface area contributed by atoms with Crippen LogP contribution in [0, 0.1) is 0 Å². The molecule has 0 radical (unpaired) electrons. The number of nitrogens with zero attached hydrogens (tertiary/aromatic N) is 2. The molecule has 0 aromatic heterocycles. The molecule has 0 aromatic carbocycles. The molecule has 2 aliphatic heterocycles. The maximum Gasteiger partial charge on any atom is 0.227 e. The minimum Gasteiger partial charge on any atom is -1.00 e. The highest BCUT2D eigenvalue weighted by molar-refractivity contribution is 7.96. The Bertz CT molecular complexity index is 265. The van der Waals surface area contributed by atoms with Gasteiger partial charge in [0.1, 0.15) is 6.54 Å². The van der Waals surface area contributed by atoms with E-state index in [0.717, 1.165) is 19.5 Å². The summed E-state index contributed by atoms with van der Waals surface area (Å²) in [5.74, 6) is 0.257. The molecule has 1 atom stereocenters. The SMILES string of the molecule is CC[N+]1(CN2CCCC2=O)OC=CS1.[Cl-]. The minimum atomic E-state index is 0. The van der Waals surface area contributed by atoms with Crippen LogP contribution < -0.4 is 12.4 Å². The van der Waals surface area contributed by atoms with Gasteiger partial charge in [-0.25, -0.2) is 0 Å². The Labute approximate surface area is 100 Å². The molecule has 1 amide bonds. The van der Waals surface area contributed by atoms with Crippen LogP contribution in [-0.4, -0.2) is 34.6 Å². The second-order valence-electron chi connectivity index (χ2n) is 3.52. The van der Waals surface area contributed by atoms with Gasteiger partial charge in [0.2, 0.25) is 12.6 Å². The molecule has 0 N–H and O–H groups in total. The minimum absolute atomic E-state index is 0. The van der Waals surface area contributed by atoms with Gasteiger partial charge in [0.05, 0.1) is 5.41 Å². The fourth-order valence-corrected chi connectivity index (χ4v) is 2.50. The molecule has 86 valence electrons. The lowest BCUT2D eigenvalue weighted by atomic mass is 10.4. The van der Waals surface area contributed by atoms with E-state index in [1.165, 1.54) is 0 Å². The van der Waals surface area contributed by atoms with Gasteiger partial charge in [0.25, 0.3) is 0 Å². The smallest absolute Gasteiger partial charge is 0.227 e. The molecule has 0 aromatic rings. The van der Waals surface area contributed by atoms with Crippen LogP contribution in [0.4, 0.5) is 0 Å². The summed E-state index contributed by atoms with van der Waals surface area (Å²) in [6.07, 6.45) is 3.39. The largest absolute Gasteiger partial charge is 1.00 e. The molecule has 1 saturated heterocycles. The standard InChI is InChI=1S/C9H15N2O2S.ClH/c1-2-11(13-6-7-14-11)8-10-5-3-4-9(10)12;/h6-7H,2-5,8H2,1H3;1H/q+1;/p-1. The number of amides is 1. The Kier molecular flexibility index (Phi) is 4.31. The summed E-state index contributed by atoms with van der Waals surface area (Å²) in [5.41, 5.74) is 0. The van der Waals surface area contributed by atoms with E-state index in [2.05, 4.69) is 6.92 Å². The van der Waals surface area contributed by atoms with E-state index in [0.29, 0.717) is 17.1 Å². The summed E-state index contributed by atoms with van der Waals surface area (Å²) < 4.78 is 0.464. The molecule has 0 spiro atoms. The zero-order valence-corrected chi connectivity index (χ0v) is 10.3. The molecule has 0 saturated carbocycles. The predicted molar refractivity (Wildman–Crippen MR) is 54.4 cm³/mol. The third-order valence-corrected chi connectivity index (χ3v) is 3.68. The molecule has 1 fully saturated rings. The fourth-order valence-electron chi connectivity index (χ4n) is 1.73. The number of quaternary nitrogens is 1. The second kappa shape index (κ2) is 5.09. The van der Waals surface area contributed by atoms with E-state index in [9.17, 15) is 4.79 Å². The first kappa shape index (κ1) is 12.7. The summed E-state index contributed by atoms with van der Waals surface area (Å²) in [6, 6.07) is 0. The van der Waals surface area contributed by atoms with Crippen molar-refractivity contribution in [2.75, 3.05) is 19.8 Å². The molecule has 0 aliphatic carbocycles. The van der Waals surface area contributed by atoms with Crippen LogP contribution in [0.25, 0.3) is 0 Å². The van der Waals surface area contributed by atoms with Gasteiger partial charge in [0, 0.05) is 13.0 Å². The van der Waals surface area contributed by atoms with Crippen molar-refractivity contribution in [2.45, 2.75) is 19.8 Å². The molecule has 0 bridgehead atoms. The van der Waals surface area contributed by atoms with Gasteiger partial charge in [-0.05, 0) is 13.3 Å². The number of carbonyl (C=O) groups is 1. The summed E-state index contributed by atoms with van der Waals surface area (Å²) >= 11 is 1.62. The quantitative estimate of drug-likeness (QED) is 0.450. The lowest BCUT2D eigenvalue weighted by molar-refractivity contribution is -0.987.